The van der Waals surface area contributed by atoms with Crippen LogP contribution in [-0.2, 0) is 23.1 Å². The molecule has 0 spiro atoms. The molecule has 0 saturated carbocycles. The summed E-state index contributed by atoms with van der Waals surface area (Å²) in [6.45, 7) is 1.91. The number of pyridine rings is 1. The third kappa shape index (κ3) is 4.44. The van der Waals surface area contributed by atoms with Gasteiger partial charge in [0.15, 0.2) is 0 Å². The van der Waals surface area contributed by atoms with Crippen LogP contribution in [-0.4, -0.2) is 24.3 Å². The first-order valence-corrected chi connectivity index (χ1v) is 11.4. The molecule has 2 aromatic heterocycles. The molecule has 0 amide bonds. The van der Waals surface area contributed by atoms with Gasteiger partial charge in [-0.05, 0) is 55.5 Å². The summed E-state index contributed by atoms with van der Waals surface area (Å²) >= 11 is 0. The van der Waals surface area contributed by atoms with E-state index in [-0.39, 0.29) is 18.7 Å². The number of aromatic amines is 1. The van der Waals surface area contributed by atoms with Crippen molar-refractivity contribution in [3.8, 4) is 5.75 Å². The summed E-state index contributed by atoms with van der Waals surface area (Å²) in [5.41, 5.74) is 0.365. The molecule has 4 aromatic rings. The maximum atomic E-state index is 14.4. The van der Waals surface area contributed by atoms with Crippen molar-refractivity contribution in [2.75, 3.05) is 6.61 Å². The molecule has 2 heterocycles. The second-order valence-corrected chi connectivity index (χ2v) is 9.00. The monoisotopic (exact) mass is 456 g/mol. The van der Waals surface area contributed by atoms with Gasteiger partial charge in [0.1, 0.15) is 22.2 Å². The minimum atomic E-state index is -4.27. The Morgan fingerprint density at radius 1 is 1.06 bits per heavy atom. The molecule has 0 atom stereocenters. The minimum Gasteiger partial charge on any atom is -0.494 e. The summed E-state index contributed by atoms with van der Waals surface area (Å²) in [4.78, 5) is 15.0. The van der Waals surface area contributed by atoms with Gasteiger partial charge in [-0.3, -0.25) is 4.79 Å². The summed E-state index contributed by atoms with van der Waals surface area (Å²) < 4.78 is 52.8. The van der Waals surface area contributed by atoms with Gasteiger partial charge in [-0.25, -0.2) is 12.8 Å². The first-order chi connectivity index (χ1) is 15.4. The summed E-state index contributed by atoms with van der Waals surface area (Å²) in [7, 11) is -4.27. The third-order valence-electron chi connectivity index (χ3n) is 4.92. The van der Waals surface area contributed by atoms with Crippen LogP contribution in [0.1, 0.15) is 18.2 Å². The Bertz CT molecular complexity index is 1400. The molecule has 0 aliphatic carbocycles. The van der Waals surface area contributed by atoms with Crippen LogP contribution in [0.2, 0.25) is 0 Å². The number of hydrogen-bond donors (Lipinski definition) is 1. The number of halogens is 1. The SMILES string of the molecule is CCOc1ccc2[nH]c(=O)c(CN(Cc3ccco3)S(=O)(=O)c3ccccc3F)cc2c1. The highest BCUT2D eigenvalue weighted by molar-refractivity contribution is 7.89. The van der Waals surface area contributed by atoms with Gasteiger partial charge < -0.3 is 14.1 Å². The van der Waals surface area contributed by atoms with Gasteiger partial charge in [0.2, 0.25) is 10.0 Å². The maximum absolute atomic E-state index is 14.4. The molecule has 0 aliphatic heterocycles. The Balaban J connectivity index is 1.77. The molecular weight excluding hydrogens is 435 g/mol. The lowest BCUT2D eigenvalue weighted by molar-refractivity contribution is 0.340. The maximum Gasteiger partial charge on any atom is 0.252 e. The van der Waals surface area contributed by atoms with E-state index >= 15 is 0 Å². The lowest BCUT2D eigenvalue weighted by Gasteiger charge is -2.21. The number of ether oxygens (including phenoxy) is 1. The zero-order valence-corrected chi connectivity index (χ0v) is 18.1. The van der Waals surface area contributed by atoms with E-state index in [1.165, 1.54) is 24.5 Å². The topological polar surface area (TPSA) is 92.6 Å². The van der Waals surface area contributed by atoms with Crippen LogP contribution in [0, 0.1) is 5.82 Å². The van der Waals surface area contributed by atoms with E-state index in [1.54, 1.807) is 36.4 Å². The first-order valence-electron chi connectivity index (χ1n) is 9.94. The molecule has 2 aromatic carbocycles. The van der Waals surface area contributed by atoms with Gasteiger partial charge in [0.05, 0.1) is 19.4 Å². The Morgan fingerprint density at radius 3 is 2.59 bits per heavy atom. The van der Waals surface area contributed by atoms with E-state index < -0.39 is 26.3 Å². The Labute approximate surface area is 184 Å². The van der Waals surface area contributed by atoms with Crippen molar-refractivity contribution in [3.05, 3.63) is 94.4 Å². The third-order valence-corrected chi connectivity index (χ3v) is 6.74. The fraction of sp³-hybridized carbons (Fsp3) is 0.174. The summed E-state index contributed by atoms with van der Waals surface area (Å²) in [5.74, 6) is 0.121. The van der Waals surface area contributed by atoms with Crippen LogP contribution in [0.3, 0.4) is 0 Å². The smallest absolute Gasteiger partial charge is 0.252 e. The zero-order chi connectivity index (χ0) is 22.7. The van der Waals surface area contributed by atoms with E-state index in [1.807, 2.05) is 6.92 Å². The summed E-state index contributed by atoms with van der Waals surface area (Å²) in [6.07, 6.45) is 1.42. The predicted octanol–water partition coefficient (Wildman–Crippen LogP) is 4.05. The van der Waals surface area contributed by atoms with E-state index in [9.17, 15) is 17.6 Å². The number of nitrogens with zero attached hydrogens (tertiary/aromatic N) is 1. The van der Waals surface area contributed by atoms with Crippen molar-refractivity contribution in [1.82, 2.24) is 9.29 Å². The average molecular weight is 456 g/mol. The van der Waals surface area contributed by atoms with Crippen molar-refractivity contribution >= 4 is 20.9 Å². The number of sulfonamides is 1. The van der Waals surface area contributed by atoms with Gasteiger partial charge in [-0.2, -0.15) is 4.31 Å². The number of fused-ring (bicyclic) bond motifs is 1. The van der Waals surface area contributed by atoms with Crippen molar-refractivity contribution in [2.24, 2.45) is 0 Å². The Morgan fingerprint density at radius 2 is 1.88 bits per heavy atom. The van der Waals surface area contributed by atoms with Gasteiger partial charge in [0, 0.05) is 23.0 Å². The van der Waals surface area contributed by atoms with Gasteiger partial charge in [0.25, 0.3) is 5.56 Å². The van der Waals surface area contributed by atoms with Crippen molar-refractivity contribution in [2.45, 2.75) is 24.9 Å². The van der Waals surface area contributed by atoms with Crippen LogP contribution in [0.5, 0.6) is 5.75 Å². The van der Waals surface area contributed by atoms with E-state index in [0.29, 0.717) is 29.0 Å². The molecule has 7 nitrogen and oxygen atoms in total. The van der Waals surface area contributed by atoms with E-state index in [2.05, 4.69) is 4.98 Å². The molecular formula is C23H21FN2O5S. The predicted molar refractivity (Wildman–Crippen MR) is 117 cm³/mol. The second kappa shape index (κ2) is 8.97. The highest BCUT2D eigenvalue weighted by Gasteiger charge is 2.29. The lowest BCUT2D eigenvalue weighted by atomic mass is 10.1. The number of nitrogens with one attached hydrogen (secondary N) is 1. The highest BCUT2D eigenvalue weighted by atomic mass is 32.2. The molecule has 0 radical (unpaired) electrons. The molecule has 0 fully saturated rings. The zero-order valence-electron chi connectivity index (χ0n) is 17.2. The molecule has 9 heteroatoms. The molecule has 166 valence electrons. The number of hydrogen-bond acceptors (Lipinski definition) is 5. The van der Waals surface area contributed by atoms with Crippen LogP contribution >= 0.6 is 0 Å². The van der Waals surface area contributed by atoms with Crippen LogP contribution < -0.4 is 10.3 Å². The quantitative estimate of drug-likeness (QED) is 0.432. The molecule has 1 N–H and O–H groups in total. The van der Waals surface area contributed by atoms with Crippen molar-refractivity contribution < 1.29 is 22.0 Å². The average Bonchev–Trinajstić information content (AvgIpc) is 3.27. The number of benzene rings is 2. The highest BCUT2D eigenvalue weighted by Crippen LogP contribution is 2.24. The number of furan rings is 1. The summed E-state index contributed by atoms with van der Waals surface area (Å²) in [5, 5.41) is 0.687. The minimum absolute atomic E-state index is 0.167. The Kier molecular flexibility index (Phi) is 6.11. The normalized spacial score (nSPS) is 11.8. The molecule has 0 saturated heterocycles. The fourth-order valence-corrected chi connectivity index (χ4v) is 4.84. The molecule has 0 bridgehead atoms. The van der Waals surface area contributed by atoms with Crippen LogP contribution in [0.4, 0.5) is 4.39 Å². The lowest BCUT2D eigenvalue weighted by Crippen LogP contribution is -2.33. The number of aromatic nitrogens is 1. The van der Waals surface area contributed by atoms with Gasteiger partial charge >= 0.3 is 0 Å². The largest absolute Gasteiger partial charge is 0.494 e. The molecule has 32 heavy (non-hydrogen) atoms. The Hall–Kier alpha value is -3.43. The van der Waals surface area contributed by atoms with Crippen molar-refractivity contribution in [1.29, 1.82) is 0 Å². The van der Waals surface area contributed by atoms with Crippen LogP contribution in [0.15, 0.2) is 81.0 Å². The second-order valence-electron chi connectivity index (χ2n) is 7.09. The molecule has 0 unspecified atom stereocenters. The molecule has 4 rings (SSSR count). The van der Waals surface area contributed by atoms with E-state index in [0.717, 1.165) is 10.4 Å². The van der Waals surface area contributed by atoms with Gasteiger partial charge in [-0.15, -0.1) is 0 Å². The summed E-state index contributed by atoms with van der Waals surface area (Å²) in [6, 6.07) is 15.2. The number of rotatable bonds is 8. The standard InChI is InChI=1S/C23H21FN2O5S/c1-2-30-18-9-10-21-16(13-18)12-17(23(27)25-21)14-26(15-19-6-5-11-31-19)32(28,29)22-8-4-3-7-20(22)24/h3-13H,2,14-15H2,1H3,(H,25,27). The van der Waals surface area contributed by atoms with E-state index in [4.69, 9.17) is 9.15 Å². The van der Waals surface area contributed by atoms with Crippen molar-refractivity contribution in [3.63, 3.8) is 0 Å². The van der Waals surface area contributed by atoms with Gasteiger partial charge in [-0.1, -0.05) is 12.1 Å². The fourth-order valence-electron chi connectivity index (χ4n) is 3.39. The van der Waals surface area contributed by atoms with Crippen LogP contribution in [0.25, 0.3) is 10.9 Å². The molecule has 0 aliphatic rings. The first kappa shape index (κ1) is 21.8. The number of H-pyrrole nitrogens is 1.